The molecule has 1 saturated heterocycles. The third-order valence-electron chi connectivity index (χ3n) is 3.14. The molecule has 0 saturated carbocycles. The number of carbonyl (C=O) groups excluding carboxylic acids is 1. The van der Waals surface area contributed by atoms with E-state index in [4.69, 9.17) is 15.2 Å². The lowest BCUT2D eigenvalue weighted by atomic mass is 10.2. The van der Waals surface area contributed by atoms with Crippen molar-refractivity contribution in [1.29, 1.82) is 0 Å². The molecular formula is C14H21ClN2O3. The smallest absolute Gasteiger partial charge is 0.260 e. The van der Waals surface area contributed by atoms with Crippen molar-refractivity contribution in [2.75, 3.05) is 32.8 Å². The molecule has 1 aromatic rings. The van der Waals surface area contributed by atoms with Gasteiger partial charge in [0.05, 0.1) is 12.7 Å². The van der Waals surface area contributed by atoms with Crippen LogP contribution in [0.1, 0.15) is 5.56 Å². The maximum absolute atomic E-state index is 12.0. The molecule has 20 heavy (non-hydrogen) atoms. The molecule has 1 amide bonds. The Morgan fingerprint density at radius 2 is 2.15 bits per heavy atom. The van der Waals surface area contributed by atoms with E-state index in [1.54, 1.807) is 4.90 Å². The Morgan fingerprint density at radius 3 is 2.80 bits per heavy atom. The summed E-state index contributed by atoms with van der Waals surface area (Å²) in [6, 6.07) is 7.65. The highest BCUT2D eigenvalue weighted by molar-refractivity contribution is 5.85. The summed E-state index contributed by atoms with van der Waals surface area (Å²) in [5.74, 6) is 0.685. The van der Waals surface area contributed by atoms with Crippen LogP contribution in [-0.2, 0) is 9.53 Å². The molecule has 2 N–H and O–H groups in total. The monoisotopic (exact) mass is 300 g/mol. The number of nitrogens with two attached hydrogens (primary N) is 1. The van der Waals surface area contributed by atoms with Crippen molar-refractivity contribution in [3.8, 4) is 5.75 Å². The van der Waals surface area contributed by atoms with Crippen LogP contribution in [0.25, 0.3) is 0 Å². The number of ether oxygens (including phenoxy) is 2. The van der Waals surface area contributed by atoms with Gasteiger partial charge >= 0.3 is 0 Å². The summed E-state index contributed by atoms with van der Waals surface area (Å²) in [5, 5.41) is 0. The van der Waals surface area contributed by atoms with Crippen molar-refractivity contribution in [2.24, 2.45) is 5.73 Å². The van der Waals surface area contributed by atoms with E-state index in [0.29, 0.717) is 32.0 Å². The SMILES string of the molecule is Cc1ccc(OCC(=O)N2CCOC(CN)C2)cc1.Cl. The quantitative estimate of drug-likeness (QED) is 0.900. The largest absolute Gasteiger partial charge is 0.484 e. The number of benzene rings is 1. The average Bonchev–Trinajstić information content (AvgIpc) is 2.46. The van der Waals surface area contributed by atoms with E-state index in [1.165, 1.54) is 0 Å². The summed E-state index contributed by atoms with van der Waals surface area (Å²) in [6.07, 6.45) is -0.0583. The van der Waals surface area contributed by atoms with E-state index in [-0.39, 0.29) is 31.0 Å². The minimum Gasteiger partial charge on any atom is -0.484 e. The highest BCUT2D eigenvalue weighted by Crippen LogP contribution is 2.12. The lowest BCUT2D eigenvalue weighted by molar-refractivity contribution is -0.140. The molecule has 1 aliphatic rings. The highest BCUT2D eigenvalue weighted by Gasteiger charge is 2.23. The number of hydrogen-bond donors (Lipinski definition) is 1. The third-order valence-corrected chi connectivity index (χ3v) is 3.14. The van der Waals surface area contributed by atoms with E-state index in [0.717, 1.165) is 5.56 Å². The Labute approximate surface area is 125 Å². The van der Waals surface area contributed by atoms with Crippen LogP contribution in [0, 0.1) is 6.92 Å². The zero-order valence-electron chi connectivity index (χ0n) is 11.6. The molecule has 112 valence electrons. The van der Waals surface area contributed by atoms with Gasteiger partial charge < -0.3 is 20.1 Å². The molecule has 0 aromatic heterocycles. The van der Waals surface area contributed by atoms with Gasteiger partial charge in [-0.1, -0.05) is 17.7 Å². The van der Waals surface area contributed by atoms with E-state index >= 15 is 0 Å². The molecular weight excluding hydrogens is 280 g/mol. The summed E-state index contributed by atoms with van der Waals surface area (Å²) in [5.41, 5.74) is 6.72. The summed E-state index contributed by atoms with van der Waals surface area (Å²) >= 11 is 0. The number of nitrogens with zero attached hydrogens (tertiary/aromatic N) is 1. The zero-order chi connectivity index (χ0) is 13.7. The Kier molecular flexibility index (Phi) is 6.78. The van der Waals surface area contributed by atoms with Crippen molar-refractivity contribution in [2.45, 2.75) is 13.0 Å². The standard InChI is InChI=1S/C14H20N2O3.ClH/c1-11-2-4-12(5-3-11)19-10-14(17)16-6-7-18-13(8-15)9-16;/h2-5,13H,6-10,15H2,1H3;1H. The first-order valence-corrected chi connectivity index (χ1v) is 6.48. The van der Waals surface area contributed by atoms with Crippen LogP contribution in [-0.4, -0.2) is 49.8 Å². The van der Waals surface area contributed by atoms with E-state index in [2.05, 4.69) is 0 Å². The second-order valence-electron chi connectivity index (χ2n) is 4.67. The van der Waals surface area contributed by atoms with Crippen LogP contribution in [0.4, 0.5) is 0 Å². The third kappa shape index (κ3) is 4.67. The fourth-order valence-electron chi connectivity index (χ4n) is 1.96. The average molecular weight is 301 g/mol. The predicted molar refractivity (Wildman–Crippen MR) is 79.3 cm³/mol. The van der Waals surface area contributed by atoms with E-state index < -0.39 is 0 Å². The lowest BCUT2D eigenvalue weighted by Crippen LogP contribution is -2.49. The summed E-state index contributed by atoms with van der Waals surface area (Å²) < 4.78 is 10.9. The molecule has 2 rings (SSSR count). The van der Waals surface area contributed by atoms with Crippen molar-refractivity contribution in [1.82, 2.24) is 4.90 Å². The van der Waals surface area contributed by atoms with Gasteiger partial charge in [0.2, 0.25) is 0 Å². The predicted octanol–water partition coefficient (Wildman–Crippen LogP) is 0.982. The van der Waals surface area contributed by atoms with Gasteiger partial charge in [0.15, 0.2) is 6.61 Å². The number of hydrogen-bond acceptors (Lipinski definition) is 4. The number of carbonyl (C=O) groups is 1. The molecule has 6 heteroatoms. The zero-order valence-corrected chi connectivity index (χ0v) is 12.4. The number of rotatable bonds is 4. The van der Waals surface area contributed by atoms with Gasteiger partial charge in [-0.3, -0.25) is 4.79 Å². The Hall–Kier alpha value is -1.30. The van der Waals surface area contributed by atoms with Gasteiger partial charge in [-0.25, -0.2) is 0 Å². The molecule has 1 aliphatic heterocycles. The minimum atomic E-state index is -0.0583. The first kappa shape index (κ1) is 16.8. The lowest BCUT2D eigenvalue weighted by Gasteiger charge is -2.32. The van der Waals surface area contributed by atoms with E-state index in [9.17, 15) is 4.79 Å². The number of amides is 1. The molecule has 1 aromatic carbocycles. The van der Waals surface area contributed by atoms with Crippen molar-refractivity contribution in [3.63, 3.8) is 0 Å². The summed E-state index contributed by atoms with van der Waals surface area (Å²) in [4.78, 5) is 13.7. The molecule has 0 bridgehead atoms. The molecule has 0 radical (unpaired) electrons. The number of aryl methyl sites for hydroxylation is 1. The normalized spacial score (nSPS) is 18.3. The fourth-order valence-corrected chi connectivity index (χ4v) is 1.96. The summed E-state index contributed by atoms with van der Waals surface area (Å²) in [6.45, 7) is 4.19. The second-order valence-corrected chi connectivity index (χ2v) is 4.67. The first-order valence-electron chi connectivity index (χ1n) is 6.48. The van der Waals surface area contributed by atoms with Crippen molar-refractivity contribution >= 4 is 18.3 Å². The van der Waals surface area contributed by atoms with Gasteiger partial charge in [-0.05, 0) is 19.1 Å². The number of morpholine rings is 1. The molecule has 1 unspecified atom stereocenters. The van der Waals surface area contributed by atoms with Crippen LogP contribution in [0.2, 0.25) is 0 Å². The second kappa shape index (κ2) is 8.09. The fraction of sp³-hybridized carbons (Fsp3) is 0.500. The Morgan fingerprint density at radius 1 is 1.45 bits per heavy atom. The van der Waals surface area contributed by atoms with Crippen LogP contribution in [0.5, 0.6) is 5.75 Å². The van der Waals surface area contributed by atoms with Gasteiger partial charge in [0.25, 0.3) is 5.91 Å². The van der Waals surface area contributed by atoms with Crippen molar-refractivity contribution in [3.05, 3.63) is 29.8 Å². The highest BCUT2D eigenvalue weighted by atomic mass is 35.5. The van der Waals surface area contributed by atoms with Crippen LogP contribution in [0.15, 0.2) is 24.3 Å². The van der Waals surface area contributed by atoms with E-state index in [1.807, 2.05) is 31.2 Å². The summed E-state index contributed by atoms with van der Waals surface area (Å²) in [7, 11) is 0. The number of halogens is 1. The maximum Gasteiger partial charge on any atom is 0.260 e. The maximum atomic E-state index is 12.0. The Balaban J connectivity index is 0.00000200. The molecule has 0 spiro atoms. The molecule has 5 nitrogen and oxygen atoms in total. The van der Waals surface area contributed by atoms with Gasteiger partial charge in [0, 0.05) is 19.6 Å². The van der Waals surface area contributed by atoms with Crippen LogP contribution < -0.4 is 10.5 Å². The van der Waals surface area contributed by atoms with Crippen LogP contribution in [0.3, 0.4) is 0 Å². The molecule has 1 heterocycles. The minimum absolute atomic E-state index is 0. The molecule has 1 fully saturated rings. The van der Waals surface area contributed by atoms with Crippen molar-refractivity contribution < 1.29 is 14.3 Å². The van der Waals surface area contributed by atoms with Gasteiger partial charge in [0.1, 0.15) is 5.75 Å². The Bertz CT molecular complexity index is 425. The molecule has 0 aliphatic carbocycles. The first-order chi connectivity index (χ1) is 9.19. The van der Waals surface area contributed by atoms with Gasteiger partial charge in [-0.2, -0.15) is 0 Å². The van der Waals surface area contributed by atoms with Gasteiger partial charge in [-0.15, -0.1) is 12.4 Å². The topological polar surface area (TPSA) is 64.8 Å². The van der Waals surface area contributed by atoms with Crippen LogP contribution >= 0.6 is 12.4 Å². The molecule has 1 atom stereocenters.